The molecule has 3 heterocycles. The highest BCUT2D eigenvalue weighted by Gasteiger charge is 2.31. The van der Waals surface area contributed by atoms with Gasteiger partial charge in [0.05, 0.1) is 0 Å². The Labute approximate surface area is 196 Å². The molecule has 0 aliphatic carbocycles. The number of nitrogens with one attached hydrogen (secondary N) is 1. The number of fused-ring (bicyclic) bond motifs is 2. The molecule has 0 fully saturated rings. The third-order valence-corrected chi connectivity index (χ3v) is 7.31. The molecule has 1 atom stereocenters. The maximum absolute atomic E-state index is 12.1. The summed E-state index contributed by atoms with van der Waals surface area (Å²) in [5.74, 6) is 0.511. The van der Waals surface area contributed by atoms with E-state index in [4.69, 9.17) is 11.6 Å². The molecular weight excluding hydrogens is 474 g/mol. The number of benzene rings is 2. The maximum atomic E-state index is 12.1. The van der Waals surface area contributed by atoms with Gasteiger partial charge < -0.3 is 9.88 Å². The molecule has 1 aromatic heterocycles. The highest BCUT2D eigenvalue weighted by atomic mass is 79.9. The van der Waals surface area contributed by atoms with Gasteiger partial charge >= 0.3 is 0 Å². The number of amides is 1. The minimum absolute atomic E-state index is 0.122. The van der Waals surface area contributed by atoms with Gasteiger partial charge in [0.2, 0.25) is 5.91 Å². The van der Waals surface area contributed by atoms with E-state index in [1.54, 1.807) is 6.92 Å². The molecule has 3 aromatic rings. The average Bonchev–Trinajstić information content (AvgIpc) is 3.33. The molecule has 0 bridgehead atoms. The van der Waals surface area contributed by atoms with Crippen LogP contribution in [0.5, 0.6) is 0 Å². The van der Waals surface area contributed by atoms with Crippen molar-refractivity contribution in [1.29, 1.82) is 0 Å². The molecule has 0 saturated heterocycles. The van der Waals surface area contributed by atoms with Gasteiger partial charge in [0.25, 0.3) is 0 Å². The molecule has 2 aliphatic heterocycles. The van der Waals surface area contributed by atoms with E-state index < -0.39 is 0 Å². The quantitative estimate of drug-likeness (QED) is 0.464. The summed E-state index contributed by atoms with van der Waals surface area (Å²) in [6.45, 7) is 5.50. The molecule has 1 unspecified atom stereocenters. The van der Waals surface area contributed by atoms with E-state index in [0.29, 0.717) is 5.92 Å². The molecule has 1 N–H and O–H groups in total. The number of nitrogens with zero attached hydrogens (tertiary/aromatic N) is 2. The van der Waals surface area contributed by atoms with E-state index in [0.717, 1.165) is 59.7 Å². The van der Waals surface area contributed by atoms with E-state index in [1.165, 1.54) is 22.1 Å². The molecule has 160 valence electrons. The van der Waals surface area contributed by atoms with Gasteiger partial charge in [0.1, 0.15) is 0 Å². The van der Waals surface area contributed by atoms with Crippen molar-refractivity contribution in [2.75, 3.05) is 31.1 Å². The summed E-state index contributed by atoms with van der Waals surface area (Å²) in [6.07, 6.45) is 6.57. The van der Waals surface area contributed by atoms with E-state index in [-0.39, 0.29) is 5.91 Å². The van der Waals surface area contributed by atoms with Crippen LogP contribution in [0.3, 0.4) is 0 Å². The summed E-state index contributed by atoms with van der Waals surface area (Å²) in [4.78, 5) is 19.9. The van der Waals surface area contributed by atoms with Crippen LogP contribution in [0.2, 0.25) is 5.02 Å². The van der Waals surface area contributed by atoms with Crippen molar-refractivity contribution < 1.29 is 4.79 Å². The van der Waals surface area contributed by atoms with Crippen molar-refractivity contribution in [3.8, 4) is 0 Å². The Balaban J connectivity index is 1.26. The minimum Gasteiger partial charge on any atom is -0.361 e. The first-order chi connectivity index (χ1) is 15.0. The fourth-order valence-corrected chi connectivity index (χ4v) is 5.47. The highest BCUT2D eigenvalue weighted by Crippen LogP contribution is 2.40. The van der Waals surface area contributed by atoms with Crippen LogP contribution in [0, 0.1) is 0 Å². The van der Waals surface area contributed by atoms with Gasteiger partial charge in [-0.05, 0) is 60.9 Å². The number of aromatic amines is 1. The van der Waals surface area contributed by atoms with Crippen LogP contribution in [-0.2, 0) is 4.79 Å². The third kappa shape index (κ3) is 4.07. The summed E-state index contributed by atoms with van der Waals surface area (Å²) >= 11 is 9.71. The Morgan fingerprint density at radius 2 is 2.13 bits per heavy atom. The average molecular weight is 499 g/mol. The number of halogens is 2. The molecule has 0 radical (unpaired) electrons. The number of H-pyrrole nitrogens is 1. The standard InChI is InChI=1S/C25H25BrClN3O/c1-16(31)30-15-18(22-12-19(26)2-5-25(22)30)8-11-29-9-6-17(7-10-29)23-14-28-24-13-20(27)3-4-21(23)24/h2-6,12-14,18,28H,7-11,15H2,1H3. The van der Waals surface area contributed by atoms with Gasteiger partial charge in [-0.2, -0.15) is 0 Å². The monoisotopic (exact) mass is 497 g/mol. The van der Waals surface area contributed by atoms with Crippen LogP contribution < -0.4 is 4.90 Å². The molecule has 0 spiro atoms. The lowest BCUT2D eigenvalue weighted by Gasteiger charge is -2.27. The molecule has 5 rings (SSSR count). The normalized spacial score (nSPS) is 19.0. The lowest BCUT2D eigenvalue weighted by atomic mass is 9.96. The molecule has 2 aromatic carbocycles. The van der Waals surface area contributed by atoms with Crippen LogP contribution in [0.4, 0.5) is 5.69 Å². The number of hydrogen-bond donors (Lipinski definition) is 1. The van der Waals surface area contributed by atoms with Crippen molar-refractivity contribution in [2.24, 2.45) is 0 Å². The van der Waals surface area contributed by atoms with Crippen molar-refractivity contribution in [2.45, 2.75) is 25.7 Å². The van der Waals surface area contributed by atoms with Crippen LogP contribution >= 0.6 is 27.5 Å². The third-order valence-electron chi connectivity index (χ3n) is 6.58. The molecule has 2 aliphatic rings. The zero-order valence-corrected chi connectivity index (χ0v) is 19.8. The fraction of sp³-hybridized carbons (Fsp3) is 0.320. The lowest BCUT2D eigenvalue weighted by molar-refractivity contribution is -0.116. The van der Waals surface area contributed by atoms with E-state index in [9.17, 15) is 4.79 Å². The summed E-state index contributed by atoms with van der Waals surface area (Å²) in [7, 11) is 0. The number of rotatable bonds is 4. The molecule has 4 nitrogen and oxygen atoms in total. The van der Waals surface area contributed by atoms with Crippen LogP contribution in [-0.4, -0.2) is 42.0 Å². The van der Waals surface area contributed by atoms with Crippen LogP contribution in [0.15, 0.2) is 53.1 Å². The number of carbonyl (C=O) groups excluding carboxylic acids is 1. The summed E-state index contributed by atoms with van der Waals surface area (Å²) in [5, 5.41) is 2.00. The lowest BCUT2D eigenvalue weighted by Crippen LogP contribution is -2.31. The number of carbonyl (C=O) groups is 1. The maximum Gasteiger partial charge on any atom is 0.223 e. The van der Waals surface area contributed by atoms with E-state index >= 15 is 0 Å². The molecular formula is C25H25BrClN3O. The zero-order chi connectivity index (χ0) is 21.5. The van der Waals surface area contributed by atoms with E-state index in [1.807, 2.05) is 23.1 Å². The first-order valence-corrected chi connectivity index (χ1v) is 11.9. The SMILES string of the molecule is CC(=O)N1CC(CCN2CC=C(c3c[nH]c4cc(Cl)ccc34)CC2)c2cc(Br)ccc21. The molecule has 1 amide bonds. The smallest absolute Gasteiger partial charge is 0.223 e. The predicted molar refractivity (Wildman–Crippen MR) is 132 cm³/mol. The van der Waals surface area contributed by atoms with Crippen molar-refractivity contribution in [1.82, 2.24) is 9.88 Å². The van der Waals surface area contributed by atoms with Gasteiger partial charge in [0.15, 0.2) is 0 Å². The summed E-state index contributed by atoms with van der Waals surface area (Å²) in [6, 6.07) is 12.3. The topological polar surface area (TPSA) is 39.3 Å². The Kier molecular flexibility index (Phi) is 5.67. The van der Waals surface area contributed by atoms with Crippen molar-refractivity contribution in [3.63, 3.8) is 0 Å². The van der Waals surface area contributed by atoms with Gasteiger partial charge in [-0.1, -0.05) is 39.7 Å². The Morgan fingerprint density at radius 1 is 1.26 bits per heavy atom. The molecule has 6 heteroatoms. The Morgan fingerprint density at radius 3 is 2.90 bits per heavy atom. The first kappa shape index (κ1) is 20.8. The number of aromatic nitrogens is 1. The largest absolute Gasteiger partial charge is 0.361 e. The zero-order valence-electron chi connectivity index (χ0n) is 17.5. The van der Waals surface area contributed by atoms with Gasteiger partial charge in [-0.3, -0.25) is 9.69 Å². The summed E-state index contributed by atoms with van der Waals surface area (Å²) in [5.41, 5.74) is 6.14. The number of hydrogen-bond acceptors (Lipinski definition) is 2. The van der Waals surface area contributed by atoms with Gasteiger partial charge in [-0.25, -0.2) is 0 Å². The minimum atomic E-state index is 0.122. The van der Waals surface area contributed by atoms with Crippen LogP contribution in [0.1, 0.15) is 36.8 Å². The van der Waals surface area contributed by atoms with E-state index in [2.05, 4.69) is 56.3 Å². The van der Waals surface area contributed by atoms with Crippen molar-refractivity contribution in [3.05, 3.63) is 69.3 Å². The van der Waals surface area contributed by atoms with Crippen molar-refractivity contribution >= 4 is 55.6 Å². The first-order valence-electron chi connectivity index (χ1n) is 10.8. The second-order valence-electron chi connectivity index (χ2n) is 8.49. The fourth-order valence-electron chi connectivity index (χ4n) is 4.92. The number of anilines is 1. The highest BCUT2D eigenvalue weighted by molar-refractivity contribution is 9.10. The van der Waals surface area contributed by atoms with Crippen LogP contribution in [0.25, 0.3) is 16.5 Å². The Bertz CT molecular complexity index is 1180. The van der Waals surface area contributed by atoms with Gasteiger partial charge in [0, 0.05) is 70.3 Å². The molecule has 0 saturated carbocycles. The van der Waals surface area contributed by atoms with Gasteiger partial charge in [-0.15, -0.1) is 0 Å². The second kappa shape index (κ2) is 8.45. The Hall–Kier alpha value is -2.08. The predicted octanol–water partition coefficient (Wildman–Crippen LogP) is 6.21. The molecule has 31 heavy (non-hydrogen) atoms. The summed E-state index contributed by atoms with van der Waals surface area (Å²) < 4.78 is 1.08. The second-order valence-corrected chi connectivity index (χ2v) is 9.84.